The monoisotopic (exact) mass is 254 g/mol. The fourth-order valence-corrected chi connectivity index (χ4v) is 1.34. The van der Waals surface area contributed by atoms with Gasteiger partial charge in [-0.15, -0.1) is 0 Å². The highest BCUT2D eigenvalue weighted by molar-refractivity contribution is 5.69. The van der Waals surface area contributed by atoms with E-state index in [4.69, 9.17) is 19.7 Å². The number of rotatable bonds is 7. The quantitative estimate of drug-likeness (QED) is 0.758. The summed E-state index contributed by atoms with van der Waals surface area (Å²) in [5, 5.41) is 17.0. The second kappa shape index (κ2) is 6.48. The summed E-state index contributed by atoms with van der Waals surface area (Å²) in [7, 11) is 0. The zero-order valence-electron chi connectivity index (χ0n) is 9.88. The molecule has 0 saturated heterocycles. The summed E-state index contributed by atoms with van der Waals surface area (Å²) in [4.78, 5) is 20.8. The Morgan fingerprint density at radius 3 is 2.28 bits per heavy atom. The van der Waals surface area contributed by atoms with Crippen LogP contribution in [0, 0.1) is 0 Å². The summed E-state index contributed by atoms with van der Waals surface area (Å²) in [6.45, 7) is 1.000. The van der Waals surface area contributed by atoms with Gasteiger partial charge in [-0.2, -0.15) is 0 Å². The van der Waals surface area contributed by atoms with Crippen LogP contribution in [-0.2, 0) is 16.0 Å². The number of ether oxygens (including phenoxy) is 2. The molecule has 0 saturated carbocycles. The van der Waals surface area contributed by atoms with Crippen LogP contribution in [0.15, 0.2) is 18.2 Å². The minimum atomic E-state index is -1.08. The third kappa shape index (κ3) is 4.32. The van der Waals surface area contributed by atoms with Crippen molar-refractivity contribution in [2.24, 2.45) is 0 Å². The number of benzene rings is 1. The number of carbonyl (C=O) groups is 2. The fourth-order valence-electron chi connectivity index (χ4n) is 1.34. The topological polar surface area (TPSA) is 93.1 Å². The largest absolute Gasteiger partial charge is 0.482 e. The van der Waals surface area contributed by atoms with Gasteiger partial charge in [-0.25, -0.2) is 9.59 Å². The normalized spacial score (nSPS) is 9.83. The molecule has 18 heavy (non-hydrogen) atoms. The first-order chi connectivity index (χ1) is 8.52. The highest BCUT2D eigenvalue weighted by Gasteiger charge is 2.08. The van der Waals surface area contributed by atoms with Crippen LogP contribution in [-0.4, -0.2) is 35.4 Å². The van der Waals surface area contributed by atoms with Crippen molar-refractivity contribution in [2.45, 2.75) is 13.3 Å². The SMILES string of the molecule is CCc1ccc(OCC(=O)O)cc1OCC(=O)O. The third-order valence-electron chi connectivity index (χ3n) is 2.13. The lowest BCUT2D eigenvalue weighted by Crippen LogP contribution is -2.12. The van der Waals surface area contributed by atoms with Crippen molar-refractivity contribution in [3.8, 4) is 11.5 Å². The molecule has 0 aliphatic carbocycles. The first kappa shape index (κ1) is 13.8. The predicted molar refractivity (Wildman–Crippen MR) is 62.1 cm³/mol. The molecule has 0 fully saturated rings. The standard InChI is InChI=1S/C12H14O6/c1-2-8-3-4-9(17-6-11(13)14)5-10(8)18-7-12(15)16/h3-5H,2,6-7H2,1H3,(H,13,14)(H,15,16). The molecule has 0 aliphatic heterocycles. The number of aryl methyl sites for hydroxylation is 1. The molecule has 1 aromatic carbocycles. The molecule has 1 rings (SSSR count). The molecule has 6 heteroatoms. The molecule has 0 heterocycles. The van der Waals surface area contributed by atoms with Gasteiger partial charge in [0, 0.05) is 6.07 Å². The highest BCUT2D eigenvalue weighted by Crippen LogP contribution is 2.25. The molecule has 0 unspecified atom stereocenters. The van der Waals surface area contributed by atoms with Gasteiger partial charge in [-0.05, 0) is 18.1 Å². The first-order valence-corrected chi connectivity index (χ1v) is 5.35. The minimum absolute atomic E-state index is 0.329. The van der Waals surface area contributed by atoms with E-state index in [-0.39, 0.29) is 0 Å². The molecular formula is C12H14O6. The second-order valence-corrected chi connectivity index (χ2v) is 3.49. The van der Waals surface area contributed by atoms with Crippen molar-refractivity contribution in [1.29, 1.82) is 0 Å². The zero-order chi connectivity index (χ0) is 13.5. The van der Waals surface area contributed by atoms with Crippen LogP contribution in [0.4, 0.5) is 0 Å². The molecule has 0 radical (unpaired) electrons. The molecule has 0 bridgehead atoms. The van der Waals surface area contributed by atoms with Gasteiger partial charge in [-0.3, -0.25) is 0 Å². The maximum atomic E-state index is 10.4. The average Bonchev–Trinajstić information content (AvgIpc) is 2.33. The number of hydrogen-bond donors (Lipinski definition) is 2. The lowest BCUT2D eigenvalue weighted by atomic mass is 10.1. The Kier molecular flexibility index (Phi) is 4.98. The lowest BCUT2D eigenvalue weighted by molar-refractivity contribution is -0.140. The summed E-state index contributed by atoms with van der Waals surface area (Å²) in [5.74, 6) is -1.44. The van der Waals surface area contributed by atoms with Crippen LogP contribution < -0.4 is 9.47 Å². The van der Waals surface area contributed by atoms with Gasteiger partial charge in [-0.1, -0.05) is 13.0 Å². The fraction of sp³-hybridized carbons (Fsp3) is 0.333. The smallest absolute Gasteiger partial charge is 0.341 e. The molecular weight excluding hydrogens is 240 g/mol. The Balaban J connectivity index is 2.80. The van der Waals surface area contributed by atoms with Crippen LogP contribution >= 0.6 is 0 Å². The van der Waals surface area contributed by atoms with Gasteiger partial charge < -0.3 is 19.7 Å². The van der Waals surface area contributed by atoms with Crippen LogP contribution in [0.3, 0.4) is 0 Å². The number of aliphatic carboxylic acids is 2. The van der Waals surface area contributed by atoms with Crippen LogP contribution in [0.25, 0.3) is 0 Å². The van der Waals surface area contributed by atoms with Crippen molar-refractivity contribution < 1.29 is 29.3 Å². The van der Waals surface area contributed by atoms with Crippen molar-refractivity contribution in [3.05, 3.63) is 23.8 Å². The van der Waals surface area contributed by atoms with Crippen LogP contribution in [0.2, 0.25) is 0 Å². The van der Waals surface area contributed by atoms with E-state index >= 15 is 0 Å². The Morgan fingerprint density at radius 1 is 1.11 bits per heavy atom. The van der Waals surface area contributed by atoms with Gasteiger partial charge in [0.15, 0.2) is 13.2 Å². The zero-order valence-corrected chi connectivity index (χ0v) is 9.88. The summed E-state index contributed by atoms with van der Waals surface area (Å²) in [5.41, 5.74) is 0.832. The summed E-state index contributed by atoms with van der Waals surface area (Å²) in [6, 6.07) is 4.83. The molecule has 0 aromatic heterocycles. The van der Waals surface area contributed by atoms with E-state index in [1.54, 1.807) is 12.1 Å². The maximum Gasteiger partial charge on any atom is 0.341 e. The summed E-state index contributed by atoms with van der Waals surface area (Å²) >= 11 is 0. The molecule has 6 nitrogen and oxygen atoms in total. The molecule has 0 aliphatic rings. The van der Waals surface area contributed by atoms with Crippen LogP contribution in [0.5, 0.6) is 11.5 Å². The highest BCUT2D eigenvalue weighted by atomic mass is 16.5. The van der Waals surface area contributed by atoms with Crippen molar-refractivity contribution in [1.82, 2.24) is 0 Å². The predicted octanol–water partition coefficient (Wildman–Crippen LogP) is 1.18. The number of carboxylic acids is 2. The van der Waals surface area contributed by atoms with E-state index < -0.39 is 25.2 Å². The molecule has 1 aromatic rings. The van der Waals surface area contributed by atoms with E-state index in [1.165, 1.54) is 6.07 Å². The molecule has 98 valence electrons. The second-order valence-electron chi connectivity index (χ2n) is 3.49. The van der Waals surface area contributed by atoms with Crippen molar-refractivity contribution in [3.63, 3.8) is 0 Å². The van der Waals surface area contributed by atoms with E-state index in [2.05, 4.69) is 0 Å². The van der Waals surface area contributed by atoms with Gasteiger partial charge >= 0.3 is 11.9 Å². The maximum absolute atomic E-state index is 10.4. The van der Waals surface area contributed by atoms with E-state index in [0.717, 1.165) is 5.56 Å². The van der Waals surface area contributed by atoms with E-state index in [9.17, 15) is 9.59 Å². The van der Waals surface area contributed by atoms with Crippen molar-refractivity contribution in [2.75, 3.05) is 13.2 Å². The van der Waals surface area contributed by atoms with Gasteiger partial charge in [0.25, 0.3) is 0 Å². The van der Waals surface area contributed by atoms with Crippen molar-refractivity contribution >= 4 is 11.9 Å². The van der Waals surface area contributed by atoms with E-state index in [0.29, 0.717) is 17.9 Å². The Labute approximate surface area is 104 Å². The van der Waals surface area contributed by atoms with Gasteiger partial charge in [0.1, 0.15) is 11.5 Å². The molecule has 0 atom stereocenters. The average molecular weight is 254 g/mol. The number of carboxylic acid groups (broad SMARTS) is 2. The molecule has 0 amide bonds. The lowest BCUT2D eigenvalue weighted by Gasteiger charge is -2.11. The van der Waals surface area contributed by atoms with Gasteiger partial charge in [0.05, 0.1) is 0 Å². The van der Waals surface area contributed by atoms with Gasteiger partial charge in [0.2, 0.25) is 0 Å². The third-order valence-corrected chi connectivity index (χ3v) is 2.13. The first-order valence-electron chi connectivity index (χ1n) is 5.35. The summed E-state index contributed by atoms with van der Waals surface area (Å²) in [6.07, 6.45) is 0.675. The van der Waals surface area contributed by atoms with E-state index in [1.807, 2.05) is 6.92 Å². The minimum Gasteiger partial charge on any atom is -0.482 e. The molecule has 0 spiro atoms. The summed E-state index contributed by atoms with van der Waals surface area (Å²) < 4.78 is 10.1. The molecule has 2 N–H and O–H groups in total. The van der Waals surface area contributed by atoms with Crippen LogP contribution in [0.1, 0.15) is 12.5 Å². The Hall–Kier alpha value is -2.24. The number of hydrogen-bond acceptors (Lipinski definition) is 4. The Bertz CT molecular complexity index is 440. The Morgan fingerprint density at radius 2 is 1.72 bits per heavy atom.